The third-order valence-corrected chi connectivity index (χ3v) is 2.97. The molecule has 1 unspecified atom stereocenters. The number of methoxy groups -OCH3 is 1. The van der Waals surface area contributed by atoms with Crippen molar-refractivity contribution in [3.63, 3.8) is 0 Å². The Balaban J connectivity index is 2.79. The molecule has 94 valence electrons. The number of alkyl halides is 1. The standard InChI is InChI=1S/C11H15BrN2O3/c1-7-3-10(15)9(5-13-7)11(16)14-8(4-12)6-17-2/h3,5,8H,4,6H2,1-2H3,(H,13,15)(H,14,16). The van der Waals surface area contributed by atoms with Crippen LogP contribution < -0.4 is 10.7 Å². The lowest BCUT2D eigenvalue weighted by atomic mass is 10.2. The summed E-state index contributed by atoms with van der Waals surface area (Å²) in [6.45, 7) is 2.15. The van der Waals surface area contributed by atoms with Crippen molar-refractivity contribution in [1.82, 2.24) is 10.3 Å². The Labute approximate surface area is 108 Å². The van der Waals surface area contributed by atoms with Gasteiger partial charge < -0.3 is 15.0 Å². The Hall–Kier alpha value is -1.14. The van der Waals surface area contributed by atoms with E-state index >= 15 is 0 Å². The number of aromatic amines is 1. The van der Waals surface area contributed by atoms with E-state index in [-0.39, 0.29) is 17.0 Å². The molecule has 0 saturated carbocycles. The first-order valence-corrected chi connectivity index (χ1v) is 6.25. The molecule has 0 radical (unpaired) electrons. The van der Waals surface area contributed by atoms with Gasteiger partial charge in [0, 0.05) is 30.4 Å². The van der Waals surface area contributed by atoms with Crippen molar-refractivity contribution in [3.05, 3.63) is 33.7 Å². The van der Waals surface area contributed by atoms with Gasteiger partial charge in [-0.25, -0.2) is 0 Å². The predicted molar refractivity (Wildman–Crippen MR) is 68.7 cm³/mol. The van der Waals surface area contributed by atoms with Crippen molar-refractivity contribution in [2.75, 3.05) is 19.0 Å². The topological polar surface area (TPSA) is 71.2 Å². The van der Waals surface area contributed by atoms with Crippen molar-refractivity contribution >= 4 is 21.8 Å². The van der Waals surface area contributed by atoms with Gasteiger partial charge >= 0.3 is 0 Å². The van der Waals surface area contributed by atoms with Crippen molar-refractivity contribution in [2.45, 2.75) is 13.0 Å². The highest BCUT2D eigenvalue weighted by atomic mass is 79.9. The monoisotopic (exact) mass is 302 g/mol. The minimum atomic E-state index is -0.396. The molecule has 0 fully saturated rings. The molecular formula is C11H15BrN2O3. The molecule has 1 aromatic rings. The van der Waals surface area contributed by atoms with Crippen LogP contribution in [0.15, 0.2) is 17.1 Å². The molecule has 0 aromatic carbocycles. The van der Waals surface area contributed by atoms with E-state index in [0.717, 1.165) is 5.69 Å². The summed E-state index contributed by atoms with van der Waals surface area (Å²) in [5.74, 6) is -0.396. The van der Waals surface area contributed by atoms with Gasteiger partial charge in [-0.1, -0.05) is 15.9 Å². The van der Waals surface area contributed by atoms with Gasteiger partial charge in [-0.05, 0) is 6.92 Å². The fourth-order valence-electron chi connectivity index (χ4n) is 1.34. The lowest BCUT2D eigenvalue weighted by Gasteiger charge is -2.14. The normalized spacial score (nSPS) is 12.2. The molecule has 0 bridgehead atoms. The Morgan fingerprint density at radius 1 is 1.65 bits per heavy atom. The van der Waals surface area contributed by atoms with Crippen LogP contribution in [0.25, 0.3) is 0 Å². The summed E-state index contributed by atoms with van der Waals surface area (Å²) >= 11 is 3.27. The summed E-state index contributed by atoms with van der Waals surface area (Å²) in [6.07, 6.45) is 1.42. The smallest absolute Gasteiger partial charge is 0.257 e. The molecule has 0 aliphatic rings. The maximum absolute atomic E-state index is 11.8. The van der Waals surface area contributed by atoms with Crippen molar-refractivity contribution in [2.24, 2.45) is 0 Å². The van der Waals surface area contributed by atoms with Gasteiger partial charge in [0.05, 0.1) is 12.6 Å². The van der Waals surface area contributed by atoms with E-state index in [1.165, 1.54) is 12.3 Å². The summed E-state index contributed by atoms with van der Waals surface area (Å²) in [5.41, 5.74) is 0.544. The third kappa shape index (κ3) is 3.98. The van der Waals surface area contributed by atoms with Crippen molar-refractivity contribution < 1.29 is 9.53 Å². The minimum Gasteiger partial charge on any atom is -0.383 e. The van der Waals surface area contributed by atoms with Gasteiger partial charge in [0.1, 0.15) is 5.56 Å². The highest BCUT2D eigenvalue weighted by molar-refractivity contribution is 9.09. The first-order chi connectivity index (χ1) is 8.08. The lowest BCUT2D eigenvalue weighted by molar-refractivity contribution is 0.0906. The van der Waals surface area contributed by atoms with Gasteiger partial charge in [-0.2, -0.15) is 0 Å². The maximum atomic E-state index is 11.8. The number of aryl methyl sites for hydroxylation is 1. The van der Waals surface area contributed by atoms with Crippen LogP contribution in [0.2, 0.25) is 0 Å². The summed E-state index contributed by atoms with van der Waals surface area (Å²) in [6, 6.07) is 1.24. The van der Waals surface area contributed by atoms with Crippen LogP contribution in [0.4, 0.5) is 0 Å². The number of carbonyl (C=O) groups is 1. The molecule has 1 atom stereocenters. The molecule has 0 aliphatic carbocycles. The number of aromatic nitrogens is 1. The quantitative estimate of drug-likeness (QED) is 0.791. The molecule has 0 spiro atoms. The van der Waals surface area contributed by atoms with Crippen LogP contribution in [0.5, 0.6) is 0 Å². The minimum absolute atomic E-state index is 0.109. The molecule has 2 N–H and O–H groups in total. The number of carbonyl (C=O) groups excluding carboxylic acids is 1. The Bertz CT molecular complexity index is 445. The number of halogens is 1. The summed E-state index contributed by atoms with van der Waals surface area (Å²) in [5, 5.41) is 3.28. The highest BCUT2D eigenvalue weighted by Gasteiger charge is 2.15. The van der Waals surface area contributed by atoms with Crippen molar-refractivity contribution in [3.8, 4) is 0 Å². The second-order valence-corrected chi connectivity index (χ2v) is 4.32. The predicted octanol–water partition coefficient (Wildman–Crippen LogP) is 0.823. The van der Waals surface area contributed by atoms with E-state index < -0.39 is 5.91 Å². The molecule has 1 amide bonds. The van der Waals surface area contributed by atoms with Crippen LogP contribution in [0.1, 0.15) is 16.1 Å². The number of pyridine rings is 1. The molecule has 0 aliphatic heterocycles. The Morgan fingerprint density at radius 2 is 2.35 bits per heavy atom. The Morgan fingerprint density at radius 3 is 2.88 bits per heavy atom. The van der Waals surface area contributed by atoms with Crippen LogP contribution in [0, 0.1) is 6.92 Å². The fraction of sp³-hybridized carbons (Fsp3) is 0.455. The van der Waals surface area contributed by atoms with Gasteiger partial charge in [0.2, 0.25) is 0 Å². The van der Waals surface area contributed by atoms with Crippen LogP contribution in [-0.2, 0) is 4.74 Å². The molecule has 17 heavy (non-hydrogen) atoms. The zero-order valence-corrected chi connectivity index (χ0v) is 11.3. The Kier molecular flexibility index (Phi) is 5.37. The summed E-state index contributed by atoms with van der Waals surface area (Å²) in [4.78, 5) is 26.2. The van der Waals surface area contributed by atoms with Crippen LogP contribution >= 0.6 is 15.9 Å². The van der Waals surface area contributed by atoms with E-state index in [9.17, 15) is 9.59 Å². The number of hydrogen-bond donors (Lipinski definition) is 2. The fourth-order valence-corrected chi connectivity index (χ4v) is 1.69. The average Bonchev–Trinajstić information content (AvgIpc) is 2.28. The molecule has 5 nitrogen and oxygen atoms in total. The first kappa shape index (κ1) is 13.9. The maximum Gasteiger partial charge on any atom is 0.257 e. The van der Waals surface area contributed by atoms with Gasteiger partial charge in [-0.3, -0.25) is 9.59 Å². The molecular weight excluding hydrogens is 288 g/mol. The zero-order chi connectivity index (χ0) is 12.8. The van der Waals surface area contributed by atoms with Crippen molar-refractivity contribution in [1.29, 1.82) is 0 Å². The summed E-state index contributed by atoms with van der Waals surface area (Å²) in [7, 11) is 1.56. The van der Waals surface area contributed by atoms with Gasteiger partial charge in [0.25, 0.3) is 5.91 Å². The van der Waals surface area contributed by atoms with Gasteiger partial charge in [0.15, 0.2) is 5.43 Å². The number of nitrogens with one attached hydrogen (secondary N) is 2. The second-order valence-electron chi connectivity index (χ2n) is 3.67. The van der Waals surface area contributed by atoms with E-state index in [0.29, 0.717) is 11.9 Å². The van der Waals surface area contributed by atoms with E-state index in [2.05, 4.69) is 26.2 Å². The molecule has 1 aromatic heterocycles. The zero-order valence-electron chi connectivity index (χ0n) is 9.75. The lowest BCUT2D eigenvalue weighted by Crippen LogP contribution is -2.41. The van der Waals surface area contributed by atoms with Crippen LogP contribution in [-0.4, -0.2) is 36.0 Å². The number of hydrogen-bond acceptors (Lipinski definition) is 3. The number of amides is 1. The second kappa shape index (κ2) is 6.56. The number of ether oxygens (including phenoxy) is 1. The average molecular weight is 303 g/mol. The molecule has 6 heteroatoms. The molecule has 0 saturated heterocycles. The third-order valence-electron chi connectivity index (χ3n) is 2.19. The van der Waals surface area contributed by atoms with E-state index in [1.54, 1.807) is 14.0 Å². The summed E-state index contributed by atoms with van der Waals surface area (Å²) < 4.78 is 4.95. The highest BCUT2D eigenvalue weighted by Crippen LogP contribution is 1.96. The van der Waals surface area contributed by atoms with Gasteiger partial charge in [-0.15, -0.1) is 0 Å². The first-order valence-electron chi connectivity index (χ1n) is 5.13. The molecule has 1 heterocycles. The van der Waals surface area contributed by atoms with E-state index in [1.807, 2.05) is 0 Å². The van der Waals surface area contributed by atoms with Crippen LogP contribution in [0.3, 0.4) is 0 Å². The number of H-pyrrole nitrogens is 1. The van der Waals surface area contributed by atoms with E-state index in [4.69, 9.17) is 4.74 Å². The number of rotatable bonds is 5. The SMILES string of the molecule is COCC(CBr)NC(=O)c1c[nH]c(C)cc1=O. The largest absolute Gasteiger partial charge is 0.383 e. The molecule has 1 rings (SSSR count).